The predicted octanol–water partition coefficient (Wildman–Crippen LogP) is 3.63. The highest BCUT2D eigenvalue weighted by Crippen LogP contribution is 2.46. The first-order valence-corrected chi connectivity index (χ1v) is 8.05. The zero-order valence-electron chi connectivity index (χ0n) is 12.7. The van der Waals surface area contributed by atoms with Crippen molar-refractivity contribution >= 4 is 0 Å². The van der Waals surface area contributed by atoms with Crippen LogP contribution in [0.3, 0.4) is 0 Å². The fourth-order valence-corrected chi connectivity index (χ4v) is 4.39. The standard InChI is InChI=1S/C17H24F2N2/c1-20-16(14-7-6-13(18)12-15(14)19)17(8-2-3-9-17)21-10-4-5-11-21/h6-7,12,16,20H,2-5,8-11H2,1H3. The van der Waals surface area contributed by atoms with Crippen LogP contribution >= 0.6 is 0 Å². The number of hydrogen-bond acceptors (Lipinski definition) is 2. The Hall–Kier alpha value is -1.00. The number of nitrogens with zero attached hydrogens (tertiary/aromatic N) is 1. The lowest BCUT2D eigenvalue weighted by Crippen LogP contribution is -2.53. The molecule has 0 radical (unpaired) electrons. The number of rotatable bonds is 4. The van der Waals surface area contributed by atoms with Crippen LogP contribution < -0.4 is 5.32 Å². The van der Waals surface area contributed by atoms with E-state index in [0.29, 0.717) is 5.56 Å². The molecule has 21 heavy (non-hydrogen) atoms. The van der Waals surface area contributed by atoms with Gasteiger partial charge < -0.3 is 5.32 Å². The topological polar surface area (TPSA) is 15.3 Å². The molecule has 1 aromatic carbocycles. The zero-order chi connectivity index (χ0) is 14.9. The highest BCUT2D eigenvalue weighted by Gasteiger charge is 2.47. The Morgan fingerprint density at radius 2 is 1.76 bits per heavy atom. The van der Waals surface area contributed by atoms with Gasteiger partial charge in [-0.1, -0.05) is 18.9 Å². The molecule has 1 atom stereocenters. The first-order valence-electron chi connectivity index (χ1n) is 8.05. The minimum absolute atomic E-state index is 0.0100. The van der Waals surface area contributed by atoms with Gasteiger partial charge in [0, 0.05) is 17.2 Å². The summed E-state index contributed by atoms with van der Waals surface area (Å²) >= 11 is 0. The summed E-state index contributed by atoms with van der Waals surface area (Å²) < 4.78 is 27.5. The van der Waals surface area contributed by atoms with Crippen LogP contribution in [0.1, 0.15) is 50.1 Å². The van der Waals surface area contributed by atoms with Crippen LogP contribution in [0.5, 0.6) is 0 Å². The van der Waals surface area contributed by atoms with Crippen molar-refractivity contribution in [3.63, 3.8) is 0 Å². The van der Waals surface area contributed by atoms with Gasteiger partial charge in [0.2, 0.25) is 0 Å². The maximum absolute atomic E-state index is 14.3. The summed E-state index contributed by atoms with van der Waals surface area (Å²) in [7, 11) is 1.89. The third-order valence-corrected chi connectivity index (χ3v) is 5.30. The second-order valence-electron chi connectivity index (χ2n) is 6.39. The molecule has 1 saturated heterocycles. The van der Waals surface area contributed by atoms with E-state index < -0.39 is 11.6 Å². The van der Waals surface area contributed by atoms with Crippen molar-refractivity contribution in [3.05, 3.63) is 35.4 Å². The number of likely N-dealkylation sites (N-methyl/N-ethyl adjacent to an activating group) is 1. The number of nitrogens with one attached hydrogen (secondary N) is 1. The lowest BCUT2D eigenvalue weighted by molar-refractivity contribution is 0.0781. The van der Waals surface area contributed by atoms with Crippen LogP contribution in [-0.4, -0.2) is 30.6 Å². The Balaban J connectivity index is 1.99. The summed E-state index contributed by atoms with van der Waals surface area (Å²) in [5, 5.41) is 3.33. The molecule has 2 fully saturated rings. The van der Waals surface area contributed by atoms with Crippen molar-refractivity contribution in [2.45, 2.75) is 50.1 Å². The molecule has 116 valence electrons. The van der Waals surface area contributed by atoms with E-state index in [-0.39, 0.29) is 11.6 Å². The molecule has 0 spiro atoms. The molecule has 1 aliphatic carbocycles. The molecule has 3 rings (SSSR count). The van der Waals surface area contributed by atoms with Gasteiger partial charge in [0.15, 0.2) is 0 Å². The first kappa shape index (κ1) is 14.9. The monoisotopic (exact) mass is 294 g/mol. The van der Waals surface area contributed by atoms with Crippen LogP contribution in [0, 0.1) is 11.6 Å². The van der Waals surface area contributed by atoms with Crippen molar-refractivity contribution in [2.75, 3.05) is 20.1 Å². The largest absolute Gasteiger partial charge is 0.311 e. The number of benzene rings is 1. The molecular weight excluding hydrogens is 270 g/mol. The van der Waals surface area contributed by atoms with Gasteiger partial charge in [0.1, 0.15) is 11.6 Å². The van der Waals surface area contributed by atoms with Crippen molar-refractivity contribution in [3.8, 4) is 0 Å². The van der Waals surface area contributed by atoms with Gasteiger partial charge in [-0.3, -0.25) is 4.90 Å². The average molecular weight is 294 g/mol. The quantitative estimate of drug-likeness (QED) is 0.912. The first-order chi connectivity index (χ1) is 10.2. The summed E-state index contributed by atoms with van der Waals surface area (Å²) in [6, 6.07) is 3.92. The maximum atomic E-state index is 14.3. The molecule has 0 bridgehead atoms. The van der Waals surface area contributed by atoms with Crippen LogP contribution in [0.25, 0.3) is 0 Å². The van der Waals surface area contributed by atoms with Gasteiger partial charge in [0.05, 0.1) is 6.04 Å². The van der Waals surface area contributed by atoms with Crippen LogP contribution in [0.15, 0.2) is 18.2 Å². The van der Waals surface area contributed by atoms with Crippen molar-refractivity contribution in [2.24, 2.45) is 0 Å². The third-order valence-electron chi connectivity index (χ3n) is 5.30. The molecule has 1 aromatic rings. The minimum Gasteiger partial charge on any atom is -0.311 e. The van der Waals surface area contributed by atoms with Gasteiger partial charge in [-0.15, -0.1) is 0 Å². The van der Waals surface area contributed by atoms with Crippen molar-refractivity contribution in [1.29, 1.82) is 0 Å². The maximum Gasteiger partial charge on any atom is 0.130 e. The van der Waals surface area contributed by atoms with E-state index in [1.807, 2.05) is 7.05 Å². The van der Waals surface area contributed by atoms with E-state index >= 15 is 0 Å². The minimum atomic E-state index is -0.507. The Morgan fingerprint density at radius 3 is 2.33 bits per heavy atom. The van der Waals surface area contributed by atoms with E-state index in [0.717, 1.165) is 32.0 Å². The number of hydrogen-bond donors (Lipinski definition) is 1. The fraction of sp³-hybridized carbons (Fsp3) is 0.647. The van der Waals surface area contributed by atoms with Crippen molar-refractivity contribution < 1.29 is 8.78 Å². The molecule has 1 heterocycles. The fourth-order valence-electron chi connectivity index (χ4n) is 4.39. The van der Waals surface area contributed by atoms with Crippen LogP contribution in [0.4, 0.5) is 8.78 Å². The van der Waals surface area contributed by atoms with Gasteiger partial charge in [-0.25, -0.2) is 8.78 Å². The Kier molecular flexibility index (Phi) is 4.27. The van der Waals surface area contributed by atoms with Gasteiger partial charge in [0.25, 0.3) is 0 Å². The summed E-state index contributed by atoms with van der Waals surface area (Å²) in [5.74, 6) is -0.937. The smallest absolute Gasteiger partial charge is 0.130 e. The molecule has 1 unspecified atom stereocenters. The zero-order valence-corrected chi connectivity index (χ0v) is 12.7. The van der Waals surface area contributed by atoms with Gasteiger partial charge in [-0.05, 0) is 51.9 Å². The summed E-state index contributed by atoms with van der Waals surface area (Å²) in [5.41, 5.74) is 0.594. The summed E-state index contributed by atoms with van der Waals surface area (Å²) in [6.07, 6.45) is 7.02. The van der Waals surface area contributed by atoms with Crippen molar-refractivity contribution in [1.82, 2.24) is 10.2 Å². The normalized spacial score (nSPS) is 23.6. The highest BCUT2D eigenvalue weighted by atomic mass is 19.1. The summed E-state index contributed by atoms with van der Waals surface area (Å²) in [6.45, 7) is 2.20. The van der Waals surface area contributed by atoms with Gasteiger partial charge >= 0.3 is 0 Å². The predicted molar refractivity (Wildman–Crippen MR) is 80.2 cm³/mol. The second kappa shape index (κ2) is 6.01. The lowest BCUT2D eigenvalue weighted by Gasteiger charge is -2.45. The van der Waals surface area contributed by atoms with E-state index in [1.54, 1.807) is 6.07 Å². The molecule has 2 aliphatic rings. The SMILES string of the molecule is CNC(c1ccc(F)cc1F)C1(N2CCCC2)CCCC1. The lowest BCUT2D eigenvalue weighted by atomic mass is 9.82. The number of halogens is 2. The molecule has 0 amide bonds. The molecular formula is C17H24F2N2. The van der Waals surface area contributed by atoms with Crippen LogP contribution in [0.2, 0.25) is 0 Å². The Morgan fingerprint density at radius 1 is 1.10 bits per heavy atom. The molecule has 4 heteroatoms. The Bertz CT molecular complexity index is 492. The molecule has 1 N–H and O–H groups in total. The molecule has 0 aromatic heterocycles. The van der Waals surface area contributed by atoms with E-state index in [9.17, 15) is 8.78 Å². The van der Waals surface area contributed by atoms with E-state index in [1.165, 1.54) is 31.7 Å². The third kappa shape index (κ3) is 2.59. The summed E-state index contributed by atoms with van der Waals surface area (Å²) in [4.78, 5) is 2.55. The van der Waals surface area contributed by atoms with E-state index in [2.05, 4.69) is 10.2 Å². The van der Waals surface area contributed by atoms with Gasteiger partial charge in [-0.2, -0.15) is 0 Å². The molecule has 1 saturated carbocycles. The highest BCUT2D eigenvalue weighted by molar-refractivity contribution is 5.27. The Labute approximate surface area is 125 Å². The van der Waals surface area contributed by atoms with Crippen LogP contribution in [-0.2, 0) is 0 Å². The second-order valence-corrected chi connectivity index (χ2v) is 6.39. The average Bonchev–Trinajstić information content (AvgIpc) is 3.13. The molecule has 2 nitrogen and oxygen atoms in total. The number of likely N-dealkylation sites (tertiary alicyclic amines) is 1. The van der Waals surface area contributed by atoms with E-state index in [4.69, 9.17) is 0 Å². The molecule has 1 aliphatic heterocycles.